The van der Waals surface area contributed by atoms with Gasteiger partial charge in [0.25, 0.3) is 0 Å². The summed E-state index contributed by atoms with van der Waals surface area (Å²) in [5.74, 6) is -2.76. The van der Waals surface area contributed by atoms with Gasteiger partial charge in [-0.05, 0) is 54.1 Å². The fourth-order valence-corrected chi connectivity index (χ4v) is 3.84. The Balaban J connectivity index is 0.000000383. The fourth-order valence-electron chi connectivity index (χ4n) is 3.84. The Morgan fingerprint density at radius 3 is 2.52 bits per heavy atom. The number of fused-ring (bicyclic) bond motifs is 1. The van der Waals surface area contributed by atoms with Crippen molar-refractivity contribution < 1.29 is 27.8 Å². The molecule has 1 unspecified atom stereocenters. The second kappa shape index (κ2) is 11.2. The first-order valence-electron chi connectivity index (χ1n) is 10.5. The lowest BCUT2D eigenvalue weighted by atomic mass is 10.00. The summed E-state index contributed by atoms with van der Waals surface area (Å²) in [4.78, 5) is 18.7. The van der Waals surface area contributed by atoms with E-state index in [9.17, 15) is 13.2 Å². The van der Waals surface area contributed by atoms with Gasteiger partial charge in [-0.3, -0.25) is 4.98 Å². The van der Waals surface area contributed by atoms with E-state index in [0.717, 1.165) is 25.9 Å². The summed E-state index contributed by atoms with van der Waals surface area (Å²) in [5, 5.41) is 12.2. The Morgan fingerprint density at radius 2 is 1.91 bits per heavy atom. The van der Waals surface area contributed by atoms with Crippen molar-refractivity contribution in [3.8, 4) is 0 Å². The van der Waals surface area contributed by atoms with E-state index in [1.807, 2.05) is 18.6 Å². The minimum Gasteiger partial charge on any atom is -0.475 e. The average molecular weight is 464 g/mol. The lowest BCUT2D eigenvalue weighted by Crippen LogP contribution is -2.44. The SMILES string of the molecule is COCC(NC1CCN(c2ccncc2)CC1)c1ccc2[nH]ccc2c1.O=C(O)C(F)(F)F. The predicted molar refractivity (Wildman–Crippen MR) is 119 cm³/mol. The highest BCUT2D eigenvalue weighted by molar-refractivity contribution is 5.80. The fraction of sp³-hybridized carbons (Fsp3) is 0.391. The van der Waals surface area contributed by atoms with Gasteiger partial charge in [0.1, 0.15) is 0 Å². The molecule has 0 bridgehead atoms. The molecule has 1 fully saturated rings. The summed E-state index contributed by atoms with van der Waals surface area (Å²) in [6.07, 6.45) is 2.91. The number of nitrogens with zero attached hydrogens (tertiary/aromatic N) is 2. The lowest BCUT2D eigenvalue weighted by molar-refractivity contribution is -0.192. The summed E-state index contributed by atoms with van der Waals surface area (Å²) < 4.78 is 37.2. The zero-order chi connectivity index (χ0) is 23.8. The van der Waals surface area contributed by atoms with Crippen LogP contribution in [0.25, 0.3) is 10.9 Å². The first-order valence-corrected chi connectivity index (χ1v) is 10.5. The number of aromatic nitrogens is 2. The normalized spacial score (nSPS) is 15.7. The molecule has 4 rings (SSSR count). The van der Waals surface area contributed by atoms with Gasteiger partial charge in [-0.1, -0.05) is 6.07 Å². The molecule has 3 heterocycles. The van der Waals surface area contributed by atoms with Gasteiger partial charge in [-0.2, -0.15) is 13.2 Å². The maximum atomic E-state index is 10.6. The summed E-state index contributed by atoms with van der Waals surface area (Å²) >= 11 is 0. The first kappa shape index (κ1) is 24.5. The van der Waals surface area contributed by atoms with Crippen LogP contribution in [-0.4, -0.2) is 60.1 Å². The molecular weight excluding hydrogens is 437 g/mol. The second-order valence-electron chi connectivity index (χ2n) is 7.77. The average Bonchev–Trinajstić information content (AvgIpc) is 3.28. The number of aromatic amines is 1. The van der Waals surface area contributed by atoms with Gasteiger partial charge in [0.15, 0.2) is 0 Å². The van der Waals surface area contributed by atoms with Crippen molar-refractivity contribution in [2.24, 2.45) is 0 Å². The molecule has 0 amide bonds. The van der Waals surface area contributed by atoms with E-state index in [1.165, 1.54) is 22.2 Å². The van der Waals surface area contributed by atoms with Crippen molar-refractivity contribution in [1.29, 1.82) is 0 Å². The molecule has 1 aromatic carbocycles. The number of rotatable bonds is 6. The summed E-state index contributed by atoms with van der Waals surface area (Å²) in [5.41, 5.74) is 3.73. The van der Waals surface area contributed by atoms with E-state index in [0.29, 0.717) is 12.6 Å². The third kappa shape index (κ3) is 6.93. The number of alkyl halides is 3. The van der Waals surface area contributed by atoms with E-state index in [4.69, 9.17) is 14.6 Å². The van der Waals surface area contributed by atoms with E-state index in [1.54, 1.807) is 7.11 Å². The molecule has 2 aromatic heterocycles. The number of nitrogens with one attached hydrogen (secondary N) is 2. The topological polar surface area (TPSA) is 90.5 Å². The van der Waals surface area contributed by atoms with Crippen LogP contribution in [0.5, 0.6) is 0 Å². The molecule has 1 aliphatic heterocycles. The highest BCUT2D eigenvalue weighted by atomic mass is 19.4. The molecule has 178 valence electrons. The van der Waals surface area contributed by atoms with Crippen molar-refractivity contribution in [3.63, 3.8) is 0 Å². The van der Waals surface area contributed by atoms with Crippen LogP contribution in [-0.2, 0) is 9.53 Å². The number of H-pyrrole nitrogens is 1. The van der Waals surface area contributed by atoms with Crippen LogP contribution in [0, 0.1) is 0 Å². The Kier molecular flexibility index (Phi) is 8.29. The smallest absolute Gasteiger partial charge is 0.475 e. The van der Waals surface area contributed by atoms with Crippen LogP contribution < -0.4 is 10.2 Å². The number of ether oxygens (including phenoxy) is 1. The Labute approximate surface area is 189 Å². The van der Waals surface area contributed by atoms with Gasteiger partial charge in [-0.15, -0.1) is 0 Å². The molecule has 1 atom stereocenters. The first-order chi connectivity index (χ1) is 15.8. The number of anilines is 1. The van der Waals surface area contributed by atoms with E-state index in [-0.39, 0.29) is 6.04 Å². The largest absolute Gasteiger partial charge is 0.490 e. The number of halogens is 3. The van der Waals surface area contributed by atoms with Gasteiger partial charge in [0.05, 0.1) is 12.6 Å². The highest BCUT2D eigenvalue weighted by Gasteiger charge is 2.38. The van der Waals surface area contributed by atoms with Crippen LogP contribution in [0.4, 0.5) is 18.9 Å². The third-order valence-corrected chi connectivity index (χ3v) is 5.52. The minimum atomic E-state index is -5.08. The van der Waals surface area contributed by atoms with Crippen LogP contribution in [0.2, 0.25) is 0 Å². The van der Waals surface area contributed by atoms with E-state index in [2.05, 4.69) is 56.6 Å². The molecule has 1 saturated heterocycles. The third-order valence-electron chi connectivity index (χ3n) is 5.52. The zero-order valence-electron chi connectivity index (χ0n) is 18.2. The molecule has 7 nitrogen and oxygen atoms in total. The number of hydrogen-bond donors (Lipinski definition) is 3. The molecule has 0 aliphatic carbocycles. The number of methoxy groups -OCH3 is 1. The molecule has 10 heteroatoms. The predicted octanol–water partition coefficient (Wildman–Crippen LogP) is 4.14. The summed E-state index contributed by atoms with van der Waals surface area (Å²) in [6, 6.07) is 13.6. The molecular formula is C23H27F3N4O3. The number of carboxylic acids is 1. The molecule has 3 aromatic rings. The van der Waals surface area contributed by atoms with Gasteiger partial charge in [0.2, 0.25) is 0 Å². The summed E-state index contributed by atoms with van der Waals surface area (Å²) in [7, 11) is 1.77. The zero-order valence-corrected chi connectivity index (χ0v) is 18.2. The van der Waals surface area contributed by atoms with Crippen molar-refractivity contribution >= 4 is 22.6 Å². The molecule has 3 N–H and O–H groups in total. The van der Waals surface area contributed by atoms with Gasteiger partial charge >= 0.3 is 12.1 Å². The summed E-state index contributed by atoms with van der Waals surface area (Å²) in [6.45, 7) is 2.82. The Hall–Kier alpha value is -3.11. The van der Waals surface area contributed by atoms with Crippen LogP contribution >= 0.6 is 0 Å². The van der Waals surface area contributed by atoms with E-state index < -0.39 is 12.1 Å². The molecule has 33 heavy (non-hydrogen) atoms. The number of benzene rings is 1. The lowest BCUT2D eigenvalue weighted by Gasteiger charge is -2.35. The van der Waals surface area contributed by atoms with Crippen molar-refractivity contribution in [3.05, 3.63) is 60.6 Å². The number of carboxylic acid groups (broad SMARTS) is 1. The number of hydrogen-bond acceptors (Lipinski definition) is 5. The van der Waals surface area contributed by atoms with Crippen molar-refractivity contribution in [1.82, 2.24) is 15.3 Å². The number of pyridine rings is 1. The number of aliphatic carboxylic acids is 1. The van der Waals surface area contributed by atoms with Crippen LogP contribution in [0.1, 0.15) is 24.4 Å². The van der Waals surface area contributed by atoms with Gasteiger partial charge in [0, 0.05) is 56.0 Å². The van der Waals surface area contributed by atoms with Crippen molar-refractivity contribution in [2.75, 3.05) is 31.7 Å². The molecule has 0 spiro atoms. The standard InChI is InChI=1S/C21H26N4O.C2HF3O2/c1-26-15-21(16-2-3-20-17(14-16)4-11-23-20)24-18-7-12-25(13-8-18)19-5-9-22-10-6-19;3-2(4,5)1(6)7/h2-6,9-11,14,18,21,23-24H,7-8,12-13,15H2,1H3;(H,6,7). The molecule has 0 saturated carbocycles. The van der Waals surface area contributed by atoms with E-state index >= 15 is 0 Å². The Bertz CT molecular complexity index is 1020. The second-order valence-corrected chi connectivity index (χ2v) is 7.77. The quantitative estimate of drug-likeness (QED) is 0.508. The van der Waals surface area contributed by atoms with Crippen LogP contribution in [0.3, 0.4) is 0 Å². The van der Waals surface area contributed by atoms with Crippen molar-refractivity contribution in [2.45, 2.75) is 31.1 Å². The highest BCUT2D eigenvalue weighted by Crippen LogP contribution is 2.24. The minimum absolute atomic E-state index is 0.219. The maximum Gasteiger partial charge on any atom is 0.490 e. The van der Waals surface area contributed by atoms with Crippen LogP contribution in [0.15, 0.2) is 55.0 Å². The van der Waals surface area contributed by atoms with Gasteiger partial charge < -0.3 is 25.0 Å². The maximum absolute atomic E-state index is 10.6. The van der Waals surface area contributed by atoms with Gasteiger partial charge in [-0.25, -0.2) is 4.79 Å². The Morgan fingerprint density at radius 1 is 1.24 bits per heavy atom. The number of carbonyl (C=O) groups is 1. The monoisotopic (exact) mass is 464 g/mol. The molecule has 1 aliphatic rings. The molecule has 0 radical (unpaired) electrons. The number of piperidine rings is 1.